The van der Waals surface area contributed by atoms with Crippen LogP contribution in [0.5, 0.6) is 0 Å². The molecule has 6 N–H and O–H groups in total. The van der Waals surface area contributed by atoms with Gasteiger partial charge in [0.1, 0.15) is 12.1 Å². The van der Waals surface area contributed by atoms with Crippen LogP contribution >= 0.6 is 23.5 Å². The molecule has 128 valence electrons. The van der Waals surface area contributed by atoms with Crippen molar-refractivity contribution in [3.63, 3.8) is 0 Å². The van der Waals surface area contributed by atoms with Crippen LogP contribution in [0, 0.1) is 0 Å². The summed E-state index contributed by atoms with van der Waals surface area (Å²) < 4.78 is 7.83. The van der Waals surface area contributed by atoms with Crippen molar-refractivity contribution in [1.29, 1.82) is 0 Å². The highest BCUT2D eigenvalue weighted by molar-refractivity contribution is 8.02. The third-order valence-corrected chi connectivity index (χ3v) is 3.68. The molecule has 0 saturated carbocycles. The number of carboxylic acids is 2. The van der Waals surface area contributed by atoms with Crippen molar-refractivity contribution in [2.24, 2.45) is 11.5 Å². The van der Waals surface area contributed by atoms with E-state index in [0.717, 1.165) is 0 Å². The standard InChI is InChI=1S/2C6H11NO2S.OS/c2*1-2-3-10-4-5(7)6(8)9;1-2/h2*2-3,5H,4,7H2,1H3,(H,8,9);/b2*3-2-;/t2*5-;/m00./s1. The SMILES string of the molecule is C/C=C\SC[C@H](N)C(=O)O.C/C=C\SC[C@H](N)C(=O)O.O=S. The Balaban J connectivity index is -0.000000294. The van der Waals surface area contributed by atoms with Crippen LogP contribution in [0.15, 0.2) is 23.0 Å². The highest BCUT2D eigenvalue weighted by Gasteiger charge is 2.09. The van der Waals surface area contributed by atoms with Crippen molar-refractivity contribution in [1.82, 2.24) is 0 Å². The molecule has 0 aliphatic carbocycles. The van der Waals surface area contributed by atoms with Gasteiger partial charge in [0.2, 0.25) is 0 Å². The highest BCUT2D eigenvalue weighted by Crippen LogP contribution is 2.03. The summed E-state index contributed by atoms with van der Waals surface area (Å²) in [5.41, 5.74) is 10.4. The predicted octanol–water partition coefficient (Wildman–Crippen LogP) is 0.994. The summed E-state index contributed by atoms with van der Waals surface area (Å²) in [7, 11) is 0. The van der Waals surface area contributed by atoms with Crippen molar-refractivity contribution in [3.8, 4) is 0 Å². The Morgan fingerprint density at radius 2 is 1.23 bits per heavy atom. The number of rotatable bonds is 8. The zero-order chi connectivity index (χ0) is 18.0. The second-order valence-electron chi connectivity index (χ2n) is 3.49. The normalized spacial score (nSPS) is 12.7. The molecular formula is C12H22N2O5S3. The molecule has 0 amide bonds. The summed E-state index contributed by atoms with van der Waals surface area (Å²) in [6, 6.07) is -1.50. The van der Waals surface area contributed by atoms with Crippen LogP contribution in [0.25, 0.3) is 0 Å². The van der Waals surface area contributed by atoms with Gasteiger partial charge in [0.05, 0.1) is 0 Å². The van der Waals surface area contributed by atoms with Crippen LogP contribution in [0.2, 0.25) is 0 Å². The second-order valence-corrected chi connectivity index (χ2v) is 5.37. The van der Waals surface area contributed by atoms with E-state index < -0.39 is 24.0 Å². The molecule has 0 bridgehead atoms. The maximum atomic E-state index is 10.1. The molecular weight excluding hydrogens is 348 g/mol. The van der Waals surface area contributed by atoms with Crippen molar-refractivity contribution < 1.29 is 24.0 Å². The molecule has 0 aromatic carbocycles. The Morgan fingerprint density at radius 1 is 0.955 bits per heavy atom. The summed E-state index contributed by atoms with van der Waals surface area (Å²) in [4.78, 5) is 20.3. The summed E-state index contributed by atoms with van der Waals surface area (Å²) >= 11 is 5.64. The van der Waals surface area contributed by atoms with E-state index in [2.05, 4.69) is 12.5 Å². The largest absolute Gasteiger partial charge is 0.480 e. The van der Waals surface area contributed by atoms with Gasteiger partial charge < -0.3 is 21.7 Å². The van der Waals surface area contributed by atoms with E-state index in [4.69, 9.17) is 25.9 Å². The third kappa shape index (κ3) is 21.4. The van der Waals surface area contributed by atoms with E-state index in [1.807, 2.05) is 36.8 Å². The number of allylic oxidation sites excluding steroid dienone is 2. The van der Waals surface area contributed by atoms with Gasteiger partial charge in [0.15, 0.2) is 12.5 Å². The average Bonchev–Trinajstić information content (AvgIpc) is 2.50. The molecule has 0 aromatic rings. The number of carboxylic acid groups (broad SMARTS) is 2. The molecule has 0 heterocycles. The highest BCUT2D eigenvalue weighted by atomic mass is 32.2. The molecule has 0 aliphatic heterocycles. The molecule has 0 saturated heterocycles. The maximum Gasteiger partial charge on any atom is 0.321 e. The summed E-state index contributed by atoms with van der Waals surface area (Å²) in [6.07, 6.45) is 3.69. The average molecular weight is 371 g/mol. The fourth-order valence-corrected chi connectivity index (χ4v) is 1.96. The lowest BCUT2D eigenvalue weighted by Gasteiger charge is -2.01. The molecule has 2 atom stereocenters. The van der Waals surface area contributed by atoms with E-state index in [1.165, 1.54) is 23.5 Å². The minimum Gasteiger partial charge on any atom is -0.480 e. The minimum absolute atomic E-state index is 0.430. The third-order valence-electron chi connectivity index (χ3n) is 1.65. The van der Waals surface area contributed by atoms with Gasteiger partial charge in [-0.3, -0.25) is 9.59 Å². The lowest BCUT2D eigenvalue weighted by Crippen LogP contribution is -2.32. The molecule has 7 nitrogen and oxygen atoms in total. The van der Waals surface area contributed by atoms with E-state index in [-0.39, 0.29) is 0 Å². The monoisotopic (exact) mass is 370 g/mol. The first-order chi connectivity index (χ1) is 10.4. The molecule has 0 spiro atoms. The molecule has 0 aliphatic rings. The number of aliphatic carboxylic acids is 2. The van der Waals surface area contributed by atoms with Crippen molar-refractivity contribution >= 4 is 48.0 Å². The van der Waals surface area contributed by atoms with Crippen molar-refractivity contribution in [2.75, 3.05) is 11.5 Å². The summed E-state index contributed by atoms with van der Waals surface area (Å²) in [5, 5.41) is 20.3. The number of thioether (sulfide) groups is 2. The van der Waals surface area contributed by atoms with Crippen LogP contribution in [-0.4, -0.2) is 49.9 Å². The van der Waals surface area contributed by atoms with Gasteiger partial charge in [0, 0.05) is 11.5 Å². The number of hydrogen-bond acceptors (Lipinski definition) is 8. The van der Waals surface area contributed by atoms with Gasteiger partial charge in [-0.25, -0.2) is 0 Å². The van der Waals surface area contributed by atoms with E-state index in [1.54, 1.807) is 0 Å². The van der Waals surface area contributed by atoms with Gasteiger partial charge in [0.25, 0.3) is 0 Å². The molecule has 0 rings (SSSR count). The quantitative estimate of drug-likeness (QED) is 0.488. The van der Waals surface area contributed by atoms with Gasteiger partial charge in [-0.2, -0.15) is 4.21 Å². The first-order valence-electron chi connectivity index (χ1n) is 5.95. The number of nitrogens with two attached hydrogens (primary N) is 2. The van der Waals surface area contributed by atoms with Crippen molar-refractivity contribution in [2.45, 2.75) is 25.9 Å². The minimum atomic E-state index is -0.947. The van der Waals surface area contributed by atoms with Crippen LogP contribution < -0.4 is 11.5 Å². The Morgan fingerprint density at radius 3 is 1.41 bits per heavy atom. The molecule has 10 heteroatoms. The van der Waals surface area contributed by atoms with Crippen LogP contribution in [0.4, 0.5) is 0 Å². The van der Waals surface area contributed by atoms with Crippen molar-refractivity contribution in [3.05, 3.63) is 23.0 Å². The Kier molecular flexibility index (Phi) is 23.7. The number of carbonyl (C=O) groups is 2. The lowest BCUT2D eigenvalue weighted by molar-refractivity contribution is -0.138. The van der Waals surface area contributed by atoms with Gasteiger partial charge in [-0.05, 0) is 24.7 Å². The predicted molar refractivity (Wildman–Crippen MR) is 93.9 cm³/mol. The molecule has 0 radical (unpaired) electrons. The molecule has 0 aromatic heterocycles. The summed E-state index contributed by atoms with van der Waals surface area (Å²) in [6.45, 7) is 3.75. The topological polar surface area (TPSA) is 144 Å². The van der Waals surface area contributed by atoms with Gasteiger partial charge in [-0.1, -0.05) is 12.2 Å². The smallest absolute Gasteiger partial charge is 0.321 e. The molecule has 0 fully saturated rings. The Bertz CT molecular complexity index is 322. The lowest BCUT2D eigenvalue weighted by atomic mass is 10.4. The van der Waals surface area contributed by atoms with Crippen LogP contribution in [0.1, 0.15) is 13.8 Å². The zero-order valence-electron chi connectivity index (χ0n) is 12.4. The van der Waals surface area contributed by atoms with E-state index in [9.17, 15) is 9.59 Å². The fraction of sp³-hybridized carbons (Fsp3) is 0.500. The van der Waals surface area contributed by atoms with Gasteiger partial charge >= 0.3 is 11.9 Å². The van der Waals surface area contributed by atoms with Crippen LogP contribution in [-0.2, 0) is 22.1 Å². The Labute approximate surface area is 144 Å². The zero-order valence-corrected chi connectivity index (χ0v) is 14.8. The fourth-order valence-electron chi connectivity index (χ4n) is 0.653. The molecule has 0 unspecified atom stereocenters. The van der Waals surface area contributed by atoms with Crippen LogP contribution in [0.3, 0.4) is 0 Å². The summed E-state index contributed by atoms with van der Waals surface area (Å²) in [5.74, 6) is -1.03. The van der Waals surface area contributed by atoms with E-state index >= 15 is 0 Å². The molecule has 22 heavy (non-hydrogen) atoms. The maximum absolute atomic E-state index is 10.1. The second kappa shape index (κ2) is 20.1. The Hall–Kier alpha value is -0.940. The van der Waals surface area contributed by atoms with E-state index in [0.29, 0.717) is 11.5 Å². The van der Waals surface area contributed by atoms with Gasteiger partial charge in [-0.15, -0.1) is 23.5 Å². The first kappa shape index (κ1) is 26.0. The number of hydrogen-bond donors (Lipinski definition) is 4. The first-order valence-corrected chi connectivity index (χ1v) is 8.38.